The van der Waals surface area contributed by atoms with Gasteiger partial charge in [0.2, 0.25) is 11.8 Å². The van der Waals surface area contributed by atoms with Gasteiger partial charge in [-0.1, -0.05) is 29.8 Å². The van der Waals surface area contributed by atoms with Crippen molar-refractivity contribution in [2.24, 2.45) is 11.8 Å². The molecule has 2 aromatic rings. The van der Waals surface area contributed by atoms with Crippen LogP contribution in [0.2, 0.25) is 0 Å². The highest BCUT2D eigenvalue weighted by Crippen LogP contribution is 2.41. The van der Waals surface area contributed by atoms with Gasteiger partial charge in [-0.15, -0.1) is 0 Å². The van der Waals surface area contributed by atoms with Gasteiger partial charge in [0.1, 0.15) is 5.82 Å². The first-order chi connectivity index (χ1) is 13.9. The van der Waals surface area contributed by atoms with E-state index in [0.29, 0.717) is 38.3 Å². The fourth-order valence-corrected chi connectivity index (χ4v) is 4.05. The van der Waals surface area contributed by atoms with Crippen molar-refractivity contribution < 1.29 is 14.0 Å². The zero-order valence-corrected chi connectivity index (χ0v) is 16.8. The van der Waals surface area contributed by atoms with Crippen LogP contribution >= 0.6 is 0 Å². The molecule has 6 heteroatoms. The van der Waals surface area contributed by atoms with Crippen molar-refractivity contribution in [2.75, 3.05) is 36.4 Å². The molecule has 1 saturated carbocycles. The number of nitrogens with zero attached hydrogens (tertiary/aromatic N) is 2. The van der Waals surface area contributed by atoms with E-state index in [2.05, 4.69) is 5.32 Å². The maximum absolute atomic E-state index is 14.0. The lowest BCUT2D eigenvalue weighted by atomic mass is 10.1. The summed E-state index contributed by atoms with van der Waals surface area (Å²) in [6.45, 7) is 6.27. The number of halogens is 1. The average molecular weight is 395 g/mol. The van der Waals surface area contributed by atoms with Crippen LogP contribution in [0.4, 0.5) is 15.8 Å². The largest absolute Gasteiger partial charge is 0.366 e. The second-order valence-electron chi connectivity index (χ2n) is 8.02. The predicted molar refractivity (Wildman–Crippen MR) is 111 cm³/mol. The smallest absolute Gasteiger partial charge is 0.228 e. The van der Waals surface area contributed by atoms with E-state index >= 15 is 0 Å². The van der Waals surface area contributed by atoms with Crippen molar-refractivity contribution >= 4 is 23.2 Å². The van der Waals surface area contributed by atoms with Crippen molar-refractivity contribution in [1.29, 1.82) is 0 Å². The van der Waals surface area contributed by atoms with Crippen LogP contribution in [0.1, 0.15) is 17.5 Å². The summed E-state index contributed by atoms with van der Waals surface area (Å²) in [5.74, 6) is -0.773. The molecule has 0 radical (unpaired) electrons. The first-order valence-corrected chi connectivity index (χ1v) is 10.1. The van der Waals surface area contributed by atoms with Crippen LogP contribution in [0.15, 0.2) is 42.5 Å². The van der Waals surface area contributed by atoms with Crippen LogP contribution in [-0.4, -0.2) is 42.9 Å². The molecule has 5 nitrogen and oxygen atoms in total. The lowest BCUT2D eigenvalue weighted by molar-refractivity contribution is -0.134. The van der Waals surface area contributed by atoms with Crippen molar-refractivity contribution in [2.45, 2.75) is 20.3 Å². The normalized spacial score (nSPS) is 21.1. The monoisotopic (exact) mass is 395 g/mol. The Balaban J connectivity index is 1.30. The predicted octanol–water partition coefficient (Wildman–Crippen LogP) is 3.37. The number of aryl methyl sites for hydroxylation is 2. The molecule has 0 aromatic heterocycles. The fraction of sp³-hybridized carbons (Fsp3) is 0.391. The van der Waals surface area contributed by atoms with Crippen LogP contribution < -0.4 is 10.2 Å². The Morgan fingerprint density at radius 3 is 2.41 bits per heavy atom. The second-order valence-corrected chi connectivity index (χ2v) is 8.02. The molecular weight excluding hydrogens is 369 g/mol. The SMILES string of the molecule is Cc1ccc(NC(=O)C2CC2C(=O)N2CCN(c3ccccc3F)CC2)c(C)c1. The van der Waals surface area contributed by atoms with E-state index in [1.165, 1.54) is 6.07 Å². The highest BCUT2D eigenvalue weighted by molar-refractivity contribution is 6.00. The van der Waals surface area contributed by atoms with E-state index in [4.69, 9.17) is 0 Å². The summed E-state index contributed by atoms with van der Waals surface area (Å²) in [6, 6.07) is 12.6. The Morgan fingerprint density at radius 1 is 1.00 bits per heavy atom. The van der Waals surface area contributed by atoms with Gasteiger partial charge in [0.25, 0.3) is 0 Å². The van der Waals surface area contributed by atoms with Gasteiger partial charge in [-0.05, 0) is 44.0 Å². The summed E-state index contributed by atoms with van der Waals surface area (Å²) in [5.41, 5.74) is 3.55. The Morgan fingerprint density at radius 2 is 1.72 bits per heavy atom. The van der Waals surface area contributed by atoms with Crippen LogP contribution in [-0.2, 0) is 9.59 Å². The molecule has 2 aromatic carbocycles. The van der Waals surface area contributed by atoms with Gasteiger partial charge in [-0.2, -0.15) is 0 Å². The van der Waals surface area contributed by atoms with Gasteiger partial charge < -0.3 is 15.1 Å². The van der Waals surface area contributed by atoms with Crippen LogP contribution in [0.5, 0.6) is 0 Å². The van der Waals surface area contributed by atoms with Crippen LogP contribution in [0, 0.1) is 31.5 Å². The Hall–Kier alpha value is -2.89. The maximum Gasteiger partial charge on any atom is 0.228 e. The lowest BCUT2D eigenvalue weighted by Crippen LogP contribution is -2.49. The van der Waals surface area contributed by atoms with Crippen molar-refractivity contribution in [1.82, 2.24) is 4.90 Å². The van der Waals surface area contributed by atoms with Gasteiger partial charge in [-0.25, -0.2) is 4.39 Å². The lowest BCUT2D eigenvalue weighted by Gasteiger charge is -2.36. The second kappa shape index (κ2) is 7.85. The number of carbonyl (C=O) groups is 2. The highest BCUT2D eigenvalue weighted by Gasteiger charge is 2.49. The summed E-state index contributed by atoms with van der Waals surface area (Å²) in [5, 5.41) is 2.96. The third-order valence-electron chi connectivity index (χ3n) is 5.87. The van der Waals surface area contributed by atoms with Gasteiger partial charge in [0.15, 0.2) is 0 Å². The molecular formula is C23H26FN3O2. The molecule has 1 saturated heterocycles. The molecule has 2 unspecified atom stereocenters. The maximum atomic E-state index is 14.0. The standard InChI is InChI=1S/C23H26FN3O2/c1-15-7-8-20(16(2)13-15)25-22(28)17-14-18(17)23(29)27-11-9-26(10-12-27)21-6-4-3-5-19(21)24/h3-8,13,17-18H,9-12,14H2,1-2H3,(H,25,28). The number of amides is 2. The van der Waals surface area contributed by atoms with Crippen molar-refractivity contribution in [3.05, 3.63) is 59.4 Å². The average Bonchev–Trinajstić information content (AvgIpc) is 3.51. The third-order valence-corrected chi connectivity index (χ3v) is 5.87. The minimum Gasteiger partial charge on any atom is -0.366 e. The molecule has 2 fully saturated rings. The molecule has 0 spiro atoms. The summed E-state index contributed by atoms with van der Waals surface area (Å²) in [6.07, 6.45) is 0.600. The van der Waals surface area contributed by atoms with E-state index in [0.717, 1.165) is 16.8 Å². The first-order valence-electron chi connectivity index (χ1n) is 10.1. The molecule has 2 amide bonds. The molecule has 2 atom stereocenters. The molecule has 1 aliphatic carbocycles. The van der Waals surface area contributed by atoms with E-state index in [1.54, 1.807) is 12.1 Å². The highest BCUT2D eigenvalue weighted by atomic mass is 19.1. The number of nitrogens with one attached hydrogen (secondary N) is 1. The number of carbonyl (C=O) groups excluding carboxylic acids is 2. The minimum atomic E-state index is -0.257. The quantitative estimate of drug-likeness (QED) is 0.864. The number of benzene rings is 2. The Labute approximate surface area is 170 Å². The molecule has 152 valence electrons. The number of para-hydroxylation sites is 1. The first kappa shape index (κ1) is 19.4. The van der Waals surface area contributed by atoms with E-state index < -0.39 is 0 Å². The zero-order valence-electron chi connectivity index (χ0n) is 16.8. The number of hydrogen-bond acceptors (Lipinski definition) is 3. The molecule has 0 bridgehead atoms. The van der Waals surface area contributed by atoms with Crippen molar-refractivity contribution in [3.8, 4) is 0 Å². The summed E-state index contributed by atoms with van der Waals surface area (Å²) < 4.78 is 14.0. The molecule has 1 aliphatic heterocycles. The number of anilines is 2. The zero-order chi connectivity index (χ0) is 20.5. The van der Waals surface area contributed by atoms with Crippen molar-refractivity contribution in [3.63, 3.8) is 0 Å². The summed E-state index contributed by atoms with van der Waals surface area (Å²) >= 11 is 0. The summed E-state index contributed by atoms with van der Waals surface area (Å²) in [7, 11) is 0. The molecule has 4 rings (SSSR count). The molecule has 29 heavy (non-hydrogen) atoms. The molecule has 2 aliphatic rings. The van der Waals surface area contributed by atoms with Gasteiger partial charge in [0.05, 0.1) is 17.5 Å². The van der Waals surface area contributed by atoms with Gasteiger partial charge in [0, 0.05) is 31.9 Å². The number of piperazine rings is 1. The van der Waals surface area contributed by atoms with Crippen LogP contribution in [0.3, 0.4) is 0 Å². The molecule has 1 heterocycles. The van der Waals surface area contributed by atoms with E-state index in [-0.39, 0.29) is 29.5 Å². The number of hydrogen-bond donors (Lipinski definition) is 1. The third kappa shape index (κ3) is 4.11. The van der Waals surface area contributed by atoms with Gasteiger partial charge >= 0.3 is 0 Å². The Kier molecular flexibility index (Phi) is 5.26. The topological polar surface area (TPSA) is 52.7 Å². The number of rotatable bonds is 4. The van der Waals surface area contributed by atoms with Crippen LogP contribution in [0.25, 0.3) is 0 Å². The summed E-state index contributed by atoms with van der Waals surface area (Å²) in [4.78, 5) is 29.1. The van der Waals surface area contributed by atoms with E-state index in [1.807, 2.05) is 47.9 Å². The Bertz CT molecular complexity index is 937. The fourth-order valence-electron chi connectivity index (χ4n) is 4.05. The van der Waals surface area contributed by atoms with Gasteiger partial charge in [-0.3, -0.25) is 9.59 Å². The van der Waals surface area contributed by atoms with E-state index in [9.17, 15) is 14.0 Å². The molecule has 1 N–H and O–H groups in total. The minimum absolute atomic E-state index is 0.0407.